The van der Waals surface area contributed by atoms with Crippen LogP contribution >= 0.6 is 7.60 Å². The van der Waals surface area contributed by atoms with Crippen molar-refractivity contribution in [2.24, 2.45) is 0 Å². The molecule has 6 N–H and O–H groups in total. The highest BCUT2D eigenvalue weighted by atomic mass is 31.2. The summed E-state index contributed by atoms with van der Waals surface area (Å²) in [5.74, 6) is -1.23. The Morgan fingerprint density at radius 2 is 2.08 bits per heavy atom. The average molecular weight is 365 g/mol. The minimum Gasteiger partial charge on any atom is -0.462 e. The quantitative estimate of drug-likeness (QED) is 0.266. The van der Waals surface area contributed by atoms with E-state index in [0.29, 0.717) is 0 Å². The van der Waals surface area contributed by atoms with Gasteiger partial charge < -0.3 is 35.2 Å². The highest BCUT2D eigenvalue weighted by Gasteiger charge is 2.44. The monoisotopic (exact) mass is 365 g/mol. The first-order valence-electron chi connectivity index (χ1n) is 6.65. The topological polar surface area (TPSA) is 194 Å². The van der Waals surface area contributed by atoms with Crippen LogP contribution in [0.25, 0.3) is 0 Å². The molecule has 24 heavy (non-hydrogen) atoms. The highest BCUT2D eigenvalue weighted by Crippen LogP contribution is 2.34. The lowest BCUT2D eigenvalue weighted by Crippen LogP contribution is -2.36. The molecule has 1 aromatic rings. The van der Waals surface area contributed by atoms with Crippen LogP contribution in [0.1, 0.15) is 6.23 Å². The van der Waals surface area contributed by atoms with Crippen LogP contribution in [0.5, 0.6) is 0 Å². The molecule has 0 radical (unpaired) electrons. The Hall–Kier alpha value is -1.82. The molecule has 1 aliphatic heterocycles. The van der Waals surface area contributed by atoms with Gasteiger partial charge in [-0.25, -0.2) is 4.79 Å². The number of aromatic nitrogens is 2. The molecule has 4 atom stereocenters. The fraction of sp³-hybridized carbons (Fsp3) is 0.545. The van der Waals surface area contributed by atoms with E-state index in [4.69, 9.17) is 20.3 Å². The third-order valence-electron chi connectivity index (χ3n) is 3.21. The summed E-state index contributed by atoms with van der Waals surface area (Å²) >= 11 is 0. The van der Waals surface area contributed by atoms with Gasteiger partial charge in [-0.15, -0.1) is 0 Å². The van der Waals surface area contributed by atoms with E-state index in [9.17, 15) is 24.4 Å². The number of nitrogens with two attached hydrogens (primary N) is 1. The molecule has 0 saturated carbocycles. The highest BCUT2D eigenvalue weighted by molar-refractivity contribution is 7.52. The van der Waals surface area contributed by atoms with Crippen molar-refractivity contribution in [3.63, 3.8) is 0 Å². The van der Waals surface area contributed by atoms with Crippen LogP contribution in [0, 0.1) is 0 Å². The molecule has 0 bridgehead atoms. The van der Waals surface area contributed by atoms with Crippen molar-refractivity contribution < 1.29 is 38.8 Å². The maximum absolute atomic E-state index is 11.7. The van der Waals surface area contributed by atoms with Gasteiger partial charge in [0.15, 0.2) is 6.23 Å². The number of aliphatic hydroxyl groups excluding tert-OH is 2. The number of esters is 1. The summed E-state index contributed by atoms with van der Waals surface area (Å²) in [6, 6.07) is 1.29. The summed E-state index contributed by atoms with van der Waals surface area (Å²) in [7, 11) is -4.57. The van der Waals surface area contributed by atoms with Crippen LogP contribution in [-0.4, -0.2) is 66.6 Å². The van der Waals surface area contributed by atoms with E-state index >= 15 is 0 Å². The Bertz CT molecular complexity index is 717. The standard InChI is InChI=1S/C11H16N3O9P/c12-6-1-2-14(11(18)13-6)10-9(17)8(16)5(23-10)3-22-7(15)4-24(19,20)21/h1-2,5,8-10,16-17H,3-4H2,(H2,12,13,18)(H2,19,20,21)/t5-,8?,9?,10-/m1/s1. The van der Waals surface area contributed by atoms with Gasteiger partial charge in [-0.05, 0) is 6.07 Å². The summed E-state index contributed by atoms with van der Waals surface area (Å²) in [5.41, 5.74) is 4.53. The zero-order chi connectivity index (χ0) is 18.1. The van der Waals surface area contributed by atoms with Crippen molar-refractivity contribution >= 4 is 19.4 Å². The van der Waals surface area contributed by atoms with Crippen LogP contribution in [0.15, 0.2) is 17.1 Å². The van der Waals surface area contributed by atoms with E-state index < -0.39 is 56.6 Å². The Balaban J connectivity index is 2.03. The molecule has 134 valence electrons. The smallest absolute Gasteiger partial charge is 0.351 e. The molecular weight excluding hydrogens is 349 g/mol. The van der Waals surface area contributed by atoms with E-state index in [1.54, 1.807) is 0 Å². The molecule has 1 fully saturated rings. The summed E-state index contributed by atoms with van der Waals surface area (Å²) in [6.07, 6.45) is -5.40. The number of carbonyl (C=O) groups is 1. The second-order valence-corrected chi connectivity index (χ2v) is 6.74. The largest absolute Gasteiger partial charge is 0.462 e. The molecule has 0 aromatic carbocycles. The first-order valence-corrected chi connectivity index (χ1v) is 8.44. The Kier molecular flexibility index (Phi) is 5.38. The summed E-state index contributed by atoms with van der Waals surface area (Å²) in [6.45, 7) is -0.565. The van der Waals surface area contributed by atoms with E-state index in [-0.39, 0.29) is 5.82 Å². The molecule has 1 saturated heterocycles. The van der Waals surface area contributed by atoms with Gasteiger partial charge in [0, 0.05) is 6.20 Å². The van der Waals surface area contributed by atoms with E-state index in [1.807, 2.05) is 0 Å². The number of rotatable bonds is 5. The molecule has 2 unspecified atom stereocenters. The van der Waals surface area contributed by atoms with E-state index in [2.05, 4.69) is 9.72 Å². The van der Waals surface area contributed by atoms with Crippen molar-refractivity contribution in [3.8, 4) is 0 Å². The number of nitrogens with zero attached hydrogens (tertiary/aromatic N) is 2. The number of ether oxygens (including phenoxy) is 2. The van der Waals surface area contributed by atoms with E-state index in [0.717, 1.165) is 4.57 Å². The number of anilines is 1. The molecule has 0 spiro atoms. The first kappa shape index (κ1) is 18.5. The van der Waals surface area contributed by atoms with Gasteiger partial charge in [0.2, 0.25) is 0 Å². The first-order chi connectivity index (χ1) is 11.1. The van der Waals surface area contributed by atoms with Crippen LogP contribution in [0.3, 0.4) is 0 Å². The average Bonchev–Trinajstić information content (AvgIpc) is 2.71. The lowest BCUT2D eigenvalue weighted by atomic mass is 10.1. The molecule has 2 heterocycles. The van der Waals surface area contributed by atoms with Crippen molar-refractivity contribution in [2.75, 3.05) is 18.5 Å². The third kappa shape index (κ3) is 4.38. The minimum atomic E-state index is -4.57. The van der Waals surface area contributed by atoms with Crippen LogP contribution in [0.2, 0.25) is 0 Å². The maximum Gasteiger partial charge on any atom is 0.351 e. The lowest BCUT2D eigenvalue weighted by molar-refractivity contribution is -0.147. The van der Waals surface area contributed by atoms with Crippen molar-refractivity contribution in [1.29, 1.82) is 0 Å². The fourth-order valence-corrected chi connectivity index (χ4v) is 2.53. The molecular formula is C11H16N3O9P. The SMILES string of the molecule is Nc1ccn([C@@H]2O[C@H](COC(=O)CP(=O)(O)O)C(O)C2O)c(=O)n1. The van der Waals surface area contributed by atoms with Gasteiger partial charge in [-0.2, -0.15) is 4.98 Å². The molecule has 0 aliphatic carbocycles. The van der Waals surface area contributed by atoms with Gasteiger partial charge in [-0.3, -0.25) is 13.9 Å². The number of hydrogen-bond donors (Lipinski definition) is 5. The molecule has 13 heteroatoms. The second-order valence-electron chi connectivity index (χ2n) is 5.09. The predicted molar refractivity (Wildman–Crippen MR) is 76.7 cm³/mol. The van der Waals surface area contributed by atoms with Crippen LogP contribution < -0.4 is 11.4 Å². The Labute approximate surface area is 134 Å². The van der Waals surface area contributed by atoms with Crippen LogP contribution in [-0.2, 0) is 18.8 Å². The van der Waals surface area contributed by atoms with Crippen molar-refractivity contribution in [1.82, 2.24) is 9.55 Å². The number of carbonyl (C=O) groups excluding carboxylic acids is 1. The zero-order valence-corrected chi connectivity index (χ0v) is 13.0. The third-order valence-corrected chi connectivity index (χ3v) is 3.88. The van der Waals surface area contributed by atoms with Crippen molar-refractivity contribution in [3.05, 3.63) is 22.7 Å². The molecule has 1 aliphatic rings. The van der Waals surface area contributed by atoms with Gasteiger partial charge in [-0.1, -0.05) is 0 Å². The summed E-state index contributed by atoms with van der Waals surface area (Å²) < 4.78 is 21.5. The maximum atomic E-state index is 11.7. The molecule has 12 nitrogen and oxygen atoms in total. The summed E-state index contributed by atoms with van der Waals surface area (Å²) in [4.78, 5) is 43.8. The lowest BCUT2D eigenvalue weighted by Gasteiger charge is -2.16. The van der Waals surface area contributed by atoms with Gasteiger partial charge >= 0.3 is 19.3 Å². The van der Waals surface area contributed by atoms with E-state index in [1.165, 1.54) is 12.3 Å². The predicted octanol–water partition coefficient (Wildman–Crippen LogP) is -2.83. The van der Waals surface area contributed by atoms with Gasteiger partial charge in [0.25, 0.3) is 0 Å². The second kappa shape index (κ2) is 6.97. The zero-order valence-electron chi connectivity index (χ0n) is 12.1. The fourth-order valence-electron chi connectivity index (χ4n) is 2.11. The molecule has 0 amide bonds. The Morgan fingerprint density at radius 3 is 2.67 bits per heavy atom. The van der Waals surface area contributed by atoms with Gasteiger partial charge in [0.05, 0.1) is 0 Å². The minimum absolute atomic E-state index is 0.0350. The normalized spacial score (nSPS) is 27.2. The van der Waals surface area contributed by atoms with Crippen molar-refractivity contribution in [2.45, 2.75) is 24.5 Å². The summed E-state index contributed by atoms with van der Waals surface area (Å²) in [5, 5.41) is 19.9. The molecule has 2 rings (SSSR count). The number of aliphatic hydroxyl groups is 2. The molecule has 1 aromatic heterocycles. The van der Waals surface area contributed by atoms with Gasteiger partial charge in [0.1, 0.15) is 36.9 Å². The number of nitrogen functional groups attached to an aromatic ring is 1. The van der Waals surface area contributed by atoms with Crippen LogP contribution in [0.4, 0.5) is 5.82 Å². The Morgan fingerprint density at radius 1 is 1.42 bits per heavy atom. The number of hydrogen-bond acceptors (Lipinski definition) is 9.